The molecule has 0 radical (unpaired) electrons. The van der Waals surface area contributed by atoms with Gasteiger partial charge in [-0.15, -0.1) is 0 Å². The molecule has 0 unspecified atom stereocenters. The Morgan fingerprint density at radius 1 is 1.07 bits per heavy atom. The van der Waals surface area contributed by atoms with E-state index in [9.17, 15) is 18.8 Å². The molecule has 2 aromatic carbocycles. The quantitative estimate of drug-likeness (QED) is 0.495. The van der Waals surface area contributed by atoms with Gasteiger partial charge in [0, 0.05) is 17.2 Å². The molecule has 1 saturated heterocycles. The van der Waals surface area contributed by atoms with Crippen molar-refractivity contribution in [2.75, 3.05) is 0 Å². The maximum Gasteiger partial charge on any atom is 0.335 e. The number of amides is 3. The summed E-state index contributed by atoms with van der Waals surface area (Å²) in [5.41, 5.74) is 1.06. The van der Waals surface area contributed by atoms with E-state index in [1.165, 1.54) is 36.4 Å². The second-order valence-electron chi connectivity index (χ2n) is 6.56. The van der Waals surface area contributed by atoms with Crippen LogP contribution in [-0.4, -0.2) is 27.9 Å². The summed E-state index contributed by atoms with van der Waals surface area (Å²) in [5, 5.41) is 11.4. The number of hydrogen-bond acceptors (Lipinski definition) is 4. The molecule has 1 aliphatic rings. The Morgan fingerprint density at radius 2 is 1.80 bits per heavy atom. The minimum Gasteiger partial charge on any atom is -0.478 e. The van der Waals surface area contributed by atoms with E-state index in [0.717, 1.165) is 4.90 Å². The lowest BCUT2D eigenvalue weighted by Gasteiger charge is -2.12. The fourth-order valence-corrected chi connectivity index (χ4v) is 3.02. The minimum atomic E-state index is -1.03. The molecule has 2 N–H and O–H groups in total. The number of carboxylic acids is 1. The molecule has 1 fully saturated rings. The number of carboxylic acid groups (broad SMARTS) is 1. The number of urea groups is 1. The van der Waals surface area contributed by atoms with Crippen LogP contribution < -0.4 is 5.32 Å². The number of nitrogens with zero attached hydrogens (tertiary/aromatic N) is 1. The molecule has 3 aromatic rings. The predicted molar refractivity (Wildman–Crippen MR) is 105 cm³/mol. The van der Waals surface area contributed by atoms with Crippen LogP contribution in [0.1, 0.15) is 21.7 Å². The Hall–Kier alpha value is -4.20. The fourth-order valence-electron chi connectivity index (χ4n) is 3.02. The molecule has 4 rings (SSSR count). The van der Waals surface area contributed by atoms with Crippen LogP contribution in [-0.2, 0) is 11.3 Å². The van der Waals surface area contributed by atoms with Gasteiger partial charge in [-0.3, -0.25) is 9.69 Å². The summed E-state index contributed by atoms with van der Waals surface area (Å²) in [6.45, 7) is -0.186. The Kier molecular flexibility index (Phi) is 4.89. The van der Waals surface area contributed by atoms with Crippen LogP contribution in [0, 0.1) is 5.82 Å². The number of imide groups is 1. The van der Waals surface area contributed by atoms with Gasteiger partial charge in [0.15, 0.2) is 0 Å². The summed E-state index contributed by atoms with van der Waals surface area (Å²) in [6, 6.07) is 14.7. The standard InChI is InChI=1S/C22H15FN2O5/c23-17-4-2-1-3-15(17)12-25-20(26)18(24-22(25)29)11-16-9-10-19(30-16)13-5-7-14(8-6-13)21(27)28/h1-11H,12H2,(H,24,29)(H,27,28)/b18-11+. The van der Waals surface area contributed by atoms with E-state index in [2.05, 4.69) is 5.32 Å². The highest BCUT2D eigenvalue weighted by Gasteiger charge is 2.34. The maximum atomic E-state index is 13.8. The van der Waals surface area contributed by atoms with E-state index < -0.39 is 23.7 Å². The third-order valence-corrected chi connectivity index (χ3v) is 4.58. The second-order valence-corrected chi connectivity index (χ2v) is 6.56. The van der Waals surface area contributed by atoms with Crippen molar-refractivity contribution in [3.8, 4) is 11.3 Å². The van der Waals surface area contributed by atoms with Crippen molar-refractivity contribution in [3.63, 3.8) is 0 Å². The molecular formula is C22H15FN2O5. The van der Waals surface area contributed by atoms with Gasteiger partial charge < -0.3 is 14.8 Å². The van der Waals surface area contributed by atoms with Gasteiger partial charge in [-0.05, 0) is 30.3 Å². The third kappa shape index (κ3) is 3.70. The van der Waals surface area contributed by atoms with Crippen molar-refractivity contribution < 1.29 is 28.3 Å². The number of hydrogen-bond donors (Lipinski definition) is 2. The van der Waals surface area contributed by atoms with Crippen LogP contribution >= 0.6 is 0 Å². The third-order valence-electron chi connectivity index (χ3n) is 4.58. The fraction of sp³-hybridized carbons (Fsp3) is 0.0455. The van der Waals surface area contributed by atoms with Gasteiger partial charge in [0.25, 0.3) is 5.91 Å². The van der Waals surface area contributed by atoms with E-state index in [0.29, 0.717) is 17.1 Å². The Bertz CT molecular complexity index is 1180. The van der Waals surface area contributed by atoms with E-state index in [-0.39, 0.29) is 23.4 Å². The highest BCUT2D eigenvalue weighted by atomic mass is 19.1. The highest BCUT2D eigenvalue weighted by Crippen LogP contribution is 2.25. The largest absolute Gasteiger partial charge is 0.478 e. The molecule has 0 saturated carbocycles. The van der Waals surface area contributed by atoms with Crippen LogP contribution in [0.25, 0.3) is 17.4 Å². The van der Waals surface area contributed by atoms with Crippen LogP contribution in [0.15, 0.2) is 70.8 Å². The number of carbonyl (C=O) groups is 3. The van der Waals surface area contributed by atoms with E-state index in [1.54, 1.807) is 30.3 Å². The van der Waals surface area contributed by atoms with E-state index >= 15 is 0 Å². The molecular weight excluding hydrogens is 391 g/mol. The topological polar surface area (TPSA) is 99.9 Å². The van der Waals surface area contributed by atoms with Crippen LogP contribution in [0.5, 0.6) is 0 Å². The lowest BCUT2D eigenvalue weighted by atomic mass is 10.1. The van der Waals surface area contributed by atoms with Crippen molar-refractivity contribution in [3.05, 3.63) is 89.1 Å². The number of aromatic carboxylic acids is 1. The van der Waals surface area contributed by atoms with Crippen molar-refractivity contribution in [1.82, 2.24) is 10.2 Å². The lowest BCUT2D eigenvalue weighted by Crippen LogP contribution is -2.30. The number of nitrogens with one attached hydrogen (secondary N) is 1. The molecule has 0 spiro atoms. The van der Waals surface area contributed by atoms with Crippen molar-refractivity contribution in [2.24, 2.45) is 0 Å². The predicted octanol–water partition coefficient (Wildman–Crippen LogP) is 3.88. The number of benzene rings is 2. The first kappa shape index (κ1) is 19.1. The molecule has 0 atom stereocenters. The highest BCUT2D eigenvalue weighted by molar-refractivity contribution is 6.13. The molecule has 1 aromatic heterocycles. The smallest absolute Gasteiger partial charge is 0.335 e. The normalized spacial score (nSPS) is 15.0. The molecule has 3 amide bonds. The number of halogens is 1. The molecule has 30 heavy (non-hydrogen) atoms. The first-order chi connectivity index (χ1) is 14.4. The van der Waals surface area contributed by atoms with Crippen LogP contribution in [0.2, 0.25) is 0 Å². The summed E-state index contributed by atoms with van der Waals surface area (Å²) in [7, 11) is 0. The monoisotopic (exact) mass is 406 g/mol. The molecule has 150 valence electrons. The summed E-state index contributed by atoms with van der Waals surface area (Å²) < 4.78 is 19.5. The average molecular weight is 406 g/mol. The molecule has 2 heterocycles. The van der Waals surface area contributed by atoms with Gasteiger partial charge in [0.2, 0.25) is 0 Å². The summed E-state index contributed by atoms with van der Waals surface area (Å²) in [6.07, 6.45) is 1.39. The zero-order valence-electron chi connectivity index (χ0n) is 15.5. The number of furan rings is 1. The first-order valence-corrected chi connectivity index (χ1v) is 8.94. The molecule has 1 aliphatic heterocycles. The summed E-state index contributed by atoms with van der Waals surface area (Å²) in [5.74, 6) is -1.32. The van der Waals surface area contributed by atoms with Gasteiger partial charge in [-0.2, -0.15) is 0 Å². The Labute approximate surface area is 170 Å². The lowest BCUT2D eigenvalue weighted by molar-refractivity contribution is -0.123. The SMILES string of the molecule is O=C(O)c1ccc(-c2ccc(/C=C3/NC(=O)N(Cc4ccccc4F)C3=O)o2)cc1. The van der Waals surface area contributed by atoms with Crippen LogP contribution in [0.4, 0.5) is 9.18 Å². The summed E-state index contributed by atoms with van der Waals surface area (Å²) in [4.78, 5) is 36.6. The zero-order chi connectivity index (χ0) is 21.3. The van der Waals surface area contributed by atoms with Crippen molar-refractivity contribution in [1.29, 1.82) is 0 Å². The Morgan fingerprint density at radius 3 is 2.50 bits per heavy atom. The zero-order valence-corrected chi connectivity index (χ0v) is 15.5. The molecule has 8 heteroatoms. The van der Waals surface area contributed by atoms with Gasteiger partial charge in [-0.25, -0.2) is 14.0 Å². The average Bonchev–Trinajstić information content (AvgIpc) is 3.30. The minimum absolute atomic E-state index is 0.0125. The first-order valence-electron chi connectivity index (χ1n) is 8.94. The molecule has 0 bridgehead atoms. The van der Waals surface area contributed by atoms with Gasteiger partial charge in [0.05, 0.1) is 12.1 Å². The van der Waals surface area contributed by atoms with Crippen LogP contribution in [0.3, 0.4) is 0 Å². The second kappa shape index (κ2) is 7.67. The number of carbonyl (C=O) groups excluding carboxylic acids is 2. The van der Waals surface area contributed by atoms with Crippen molar-refractivity contribution >= 4 is 24.0 Å². The van der Waals surface area contributed by atoms with Gasteiger partial charge in [0.1, 0.15) is 23.0 Å². The number of rotatable bonds is 5. The molecule has 7 nitrogen and oxygen atoms in total. The maximum absolute atomic E-state index is 13.8. The molecule has 0 aliphatic carbocycles. The van der Waals surface area contributed by atoms with E-state index in [4.69, 9.17) is 9.52 Å². The Balaban J connectivity index is 1.53. The summed E-state index contributed by atoms with van der Waals surface area (Å²) >= 11 is 0. The van der Waals surface area contributed by atoms with E-state index in [1.807, 2.05) is 0 Å². The van der Waals surface area contributed by atoms with Gasteiger partial charge >= 0.3 is 12.0 Å². The van der Waals surface area contributed by atoms with Crippen molar-refractivity contribution in [2.45, 2.75) is 6.54 Å². The van der Waals surface area contributed by atoms with Gasteiger partial charge in [-0.1, -0.05) is 30.3 Å².